The Kier molecular flexibility index (Phi) is 6.16. The third-order valence-electron chi connectivity index (χ3n) is 9.66. The quantitative estimate of drug-likeness (QED) is 0.188. The fourth-order valence-corrected chi connectivity index (χ4v) is 7.40. The number of hydrogen-bond donors (Lipinski definition) is 0. The minimum Gasteiger partial charge on any atom is -0.247 e. The van der Waals surface area contributed by atoms with Crippen LogP contribution < -0.4 is 0 Å². The van der Waals surface area contributed by atoms with Crippen molar-refractivity contribution in [2.24, 2.45) is 0 Å². The standard InChI is InChI=1S/C44H31N3/c1-44(2)36-19-11-9-17-32(36)33-25-26-35-40(41(33)44)34-18-10-12-20-37(34)45-42(35)30-23-21-29(22-24-30)39-27-38(28-13-5-3-6-14-28)46-43(47-39)31-15-7-4-8-16-31/h3-27H,1-2H3. The molecule has 9 rings (SSSR count). The van der Waals surface area contributed by atoms with E-state index in [2.05, 4.69) is 129 Å². The molecule has 0 fully saturated rings. The Morgan fingerprint density at radius 2 is 1.04 bits per heavy atom. The summed E-state index contributed by atoms with van der Waals surface area (Å²) in [6, 6.07) is 53.3. The molecule has 6 aromatic carbocycles. The molecule has 2 aromatic heterocycles. The normalized spacial score (nSPS) is 13.1. The molecule has 0 amide bonds. The second-order valence-corrected chi connectivity index (χ2v) is 12.8. The number of hydrogen-bond acceptors (Lipinski definition) is 3. The first-order chi connectivity index (χ1) is 23.1. The van der Waals surface area contributed by atoms with Gasteiger partial charge in [-0.25, -0.2) is 15.0 Å². The second-order valence-electron chi connectivity index (χ2n) is 12.8. The smallest absolute Gasteiger partial charge is 0.160 e. The van der Waals surface area contributed by atoms with Gasteiger partial charge in [0.2, 0.25) is 0 Å². The maximum absolute atomic E-state index is 5.28. The molecule has 8 aromatic rings. The second kappa shape index (κ2) is 10.6. The molecule has 0 bridgehead atoms. The molecular weight excluding hydrogens is 571 g/mol. The number of para-hydroxylation sites is 1. The van der Waals surface area contributed by atoms with E-state index in [1.54, 1.807) is 0 Å². The average molecular weight is 602 g/mol. The lowest BCUT2D eigenvalue weighted by molar-refractivity contribution is 0.666. The third kappa shape index (κ3) is 4.39. The zero-order valence-corrected chi connectivity index (χ0v) is 26.3. The fourth-order valence-electron chi connectivity index (χ4n) is 7.40. The minimum absolute atomic E-state index is 0.128. The first-order valence-electron chi connectivity index (χ1n) is 16.1. The molecular formula is C44H31N3. The molecule has 1 aliphatic carbocycles. The lowest BCUT2D eigenvalue weighted by Gasteiger charge is -2.24. The highest BCUT2D eigenvalue weighted by molar-refractivity contribution is 6.15. The van der Waals surface area contributed by atoms with Gasteiger partial charge in [0.05, 0.1) is 22.6 Å². The number of pyridine rings is 1. The molecule has 0 aliphatic heterocycles. The van der Waals surface area contributed by atoms with Crippen LogP contribution in [0, 0.1) is 0 Å². The minimum atomic E-state index is -0.128. The van der Waals surface area contributed by atoms with Crippen LogP contribution >= 0.6 is 0 Å². The third-order valence-corrected chi connectivity index (χ3v) is 9.66. The number of nitrogens with zero attached hydrogens (tertiary/aromatic N) is 3. The first kappa shape index (κ1) is 27.4. The molecule has 0 atom stereocenters. The van der Waals surface area contributed by atoms with Crippen LogP contribution in [0.2, 0.25) is 0 Å². The van der Waals surface area contributed by atoms with Crippen LogP contribution in [0.4, 0.5) is 0 Å². The number of aromatic nitrogens is 3. The van der Waals surface area contributed by atoms with Crippen molar-refractivity contribution in [3.05, 3.63) is 163 Å². The van der Waals surface area contributed by atoms with Crippen molar-refractivity contribution in [1.82, 2.24) is 15.0 Å². The van der Waals surface area contributed by atoms with Gasteiger partial charge in [-0.15, -0.1) is 0 Å². The summed E-state index contributed by atoms with van der Waals surface area (Å²) in [6.07, 6.45) is 0. The molecule has 0 saturated heterocycles. The van der Waals surface area contributed by atoms with Crippen molar-refractivity contribution < 1.29 is 0 Å². The van der Waals surface area contributed by atoms with Gasteiger partial charge in [-0.05, 0) is 39.8 Å². The van der Waals surface area contributed by atoms with Crippen LogP contribution in [0.3, 0.4) is 0 Å². The average Bonchev–Trinajstić information content (AvgIpc) is 3.38. The summed E-state index contributed by atoms with van der Waals surface area (Å²) in [5.74, 6) is 0.714. The summed E-state index contributed by atoms with van der Waals surface area (Å²) < 4.78 is 0. The maximum atomic E-state index is 5.28. The van der Waals surface area contributed by atoms with E-state index in [1.807, 2.05) is 36.4 Å². The lowest BCUT2D eigenvalue weighted by Crippen LogP contribution is -2.15. The molecule has 0 unspecified atom stereocenters. The van der Waals surface area contributed by atoms with Crippen molar-refractivity contribution >= 4 is 21.7 Å². The summed E-state index contributed by atoms with van der Waals surface area (Å²) in [7, 11) is 0. The van der Waals surface area contributed by atoms with Gasteiger partial charge < -0.3 is 0 Å². The van der Waals surface area contributed by atoms with Crippen LogP contribution in [0.15, 0.2) is 152 Å². The first-order valence-corrected chi connectivity index (χ1v) is 16.1. The number of benzene rings is 6. The Morgan fingerprint density at radius 3 is 1.79 bits per heavy atom. The Labute approximate surface area is 274 Å². The highest BCUT2D eigenvalue weighted by Gasteiger charge is 2.37. The van der Waals surface area contributed by atoms with E-state index in [0.29, 0.717) is 5.82 Å². The van der Waals surface area contributed by atoms with Crippen molar-refractivity contribution in [1.29, 1.82) is 0 Å². The van der Waals surface area contributed by atoms with Gasteiger partial charge in [-0.2, -0.15) is 0 Å². The summed E-state index contributed by atoms with van der Waals surface area (Å²) in [5.41, 5.74) is 13.3. The SMILES string of the molecule is CC1(C)c2ccccc2-c2ccc3c(-c4ccc(-c5cc(-c6ccccc6)nc(-c6ccccc6)n5)cc4)nc4ccccc4c3c21. The zero-order chi connectivity index (χ0) is 31.5. The van der Waals surface area contributed by atoms with E-state index in [1.165, 1.54) is 38.4 Å². The van der Waals surface area contributed by atoms with Gasteiger partial charge >= 0.3 is 0 Å². The van der Waals surface area contributed by atoms with Crippen LogP contribution in [0.25, 0.3) is 78.0 Å². The van der Waals surface area contributed by atoms with Crippen molar-refractivity contribution in [2.75, 3.05) is 0 Å². The molecule has 47 heavy (non-hydrogen) atoms. The Morgan fingerprint density at radius 1 is 0.447 bits per heavy atom. The predicted octanol–water partition coefficient (Wildman–Crippen LogP) is 11.2. The van der Waals surface area contributed by atoms with E-state index >= 15 is 0 Å². The summed E-state index contributed by atoms with van der Waals surface area (Å²) in [4.78, 5) is 15.3. The van der Waals surface area contributed by atoms with Gasteiger partial charge in [0.1, 0.15) is 0 Å². The molecule has 222 valence electrons. The summed E-state index contributed by atoms with van der Waals surface area (Å²) >= 11 is 0. The Bertz CT molecular complexity index is 2410. The van der Waals surface area contributed by atoms with Gasteiger partial charge in [0.25, 0.3) is 0 Å². The van der Waals surface area contributed by atoms with Crippen LogP contribution in [-0.4, -0.2) is 15.0 Å². The highest BCUT2D eigenvalue weighted by Crippen LogP contribution is 2.53. The van der Waals surface area contributed by atoms with E-state index in [9.17, 15) is 0 Å². The van der Waals surface area contributed by atoms with Crippen LogP contribution in [-0.2, 0) is 5.41 Å². The number of rotatable bonds is 4. The summed E-state index contributed by atoms with van der Waals surface area (Å²) in [6.45, 7) is 4.71. The summed E-state index contributed by atoms with van der Waals surface area (Å²) in [5, 5.41) is 3.67. The molecule has 2 heterocycles. The van der Waals surface area contributed by atoms with Crippen LogP contribution in [0.1, 0.15) is 25.0 Å². The van der Waals surface area contributed by atoms with Gasteiger partial charge in [0, 0.05) is 38.4 Å². The largest absolute Gasteiger partial charge is 0.247 e. The number of fused-ring (bicyclic) bond motifs is 7. The molecule has 1 aliphatic rings. The molecule has 0 N–H and O–H groups in total. The van der Waals surface area contributed by atoms with Gasteiger partial charge in [0.15, 0.2) is 5.82 Å². The van der Waals surface area contributed by atoms with E-state index in [-0.39, 0.29) is 5.41 Å². The van der Waals surface area contributed by atoms with Crippen molar-refractivity contribution in [3.8, 4) is 56.3 Å². The fraction of sp³-hybridized carbons (Fsp3) is 0.0682. The zero-order valence-electron chi connectivity index (χ0n) is 26.3. The van der Waals surface area contributed by atoms with Crippen molar-refractivity contribution in [3.63, 3.8) is 0 Å². The van der Waals surface area contributed by atoms with E-state index in [4.69, 9.17) is 15.0 Å². The molecule has 0 saturated carbocycles. The lowest BCUT2D eigenvalue weighted by atomic mass is 9.79. The predicted molar refractivity (Wildman–Crippen MR) is 194 cm³/mol. The molecule has 3 heteroatoms. The Balaban J connectivity index is 1.21. The van der Waals surface area contributed by atoms with Crippen molar-refractivity contribution in [2.45, 2.75) is 19.3 Å². The maximum Gasteiger partial charge on any atom is 0.160 e. The molecule has 0 radical (unpaired) electrons. The van der Waals surface area contributed by atoms with Gasteiger partial charge in [-0.1, -0.05) is 153 Å². The monoisotopic (exact) mass is 601 g/mol. The Hall–Kier alpha value is -5.93. The highest BCUT2D eigenvalue weighted by atomic mass is 14.9. The van der Waals surface area contributed by atoms with E-state index in [0.717, 1.165) is 44.9 Å². The molecule has 0 spiro atoms. The topological polar surface area (TPSA) is 38.7 Å². The van der Waals surface area contributed by atoms with E-state index < -0.39 is 0 Å². The van der Waals surface area contributed by atoms with Gasteiger partial charge in [-0.3, -0.25) is 0 Å². The van der Waals surface area contributed by atoms with Crippen LogP contribution in [0.5, 0.6) is 0 Å². The molecule has 3 nitrogen and oxygen atoms in total.